The molecule has 2 aromatic rings. The first-order valence-corrected chi connectivity index (χ1v) is 10.1. The molecule has 27 heavy (non-hydrogen) atoms. The largest absolute Gasteiger partial charge is 0.368 e. The Hall–Kier alpha value is -2.24. The number of amidine groups is 1. The molecule has 1 amide bonds. The highest BCUT2D eigenvalue weighted by Gasteiger charge is 2.28. The maximum Gasteiger partial charge on any atom is 0.286 e. The minimum absolute atomic E-state index is 0.184. The van der Waals surface area contributed by atoms with Crippen LogP contribution in [0.4, 0.5) is 5.69 Å². The maximum absolute atomic E-state index is 12.3. The number of hydrogen-bond acceptors (Lipinski definition) is 4. The van der Waals surface area contributed by atoms with Crippen molar-refractivity contribution in [2.75, 3.05) is 31.1 Å². The molecule has 1 saturated heterocycles. The second-order valence-corrected chi connectivity index (χ2v) is 8.06. The zero-order valence-electron chi connectivity index (χ0n) is 15.1. The second kappa shape index (κ2) is 7.79. The molecule has 4 nitrogen and oxygen atoms in total. The van der Waals surface area contributed by atoms with Crippen molar-refractivity contribution in [2.45, 2.75) is 6.92 Å². The molecule has 2 aliphatic rings. The van der Waals surface area contributed by atoms with E-state index in [2.05, 4.69) is 46.0 Å². The summed E-state index contributed by atoms with van der Waals surface area (Å²) in [5.41, 5.74) is 3.36. The maximum atomic E-state index is 12.3. The summed E-state index contributed by atoms with van der Waals surface area (Å²) in [6.45, 7) is 5.64. The van der Waals surface area contributed by atoms with Crippen LogP contribution in [0.3, 0.4) is 0 Å². The van der Waals surface area contributed by atoms with Gasteiger partial charge >= 0.3 is 0 Å². The van der Waals surface area contributed by atoms with Crippen LogP contribution in [0.1, 0.15) is 11.1 Å². The van der Waals surface area contributed by atoms with Gasteiger partial charge in [-0.25, -0.2) is 0 Å². The van der Waals surface area contributed by atoms with Gasteiger partial charge in [0.25, 0.3) is 5.91 Å². The lowest BCUT2D eigenvalue weighted by atomic mass is 10.2. The summed E-state index contributed by atoms with van der Waals surface area (Å²) in [5, 5.41) is 1.43. The van der Waals surface area contributed by atoms with Gasteiger partial charge in [-0.05, 0) is 48.5 Å². The number of benzene rings is 2. The molecule has 1 fully saturated rings. The predicted octanol–water partition coefficient (Wildman–Crippen LogP) is 4.44. The summed E-state index contributed by atoms with van der Waals surface area (Å²) >= 11 is 7.64. The number of thioether (sulfide) groups is 1. The molecule has 0 unspecified atom stereocenters. The zero-order valence-corrected chi connectivity index (χ0v) is 16.6. The lowest BCUT2D eigenvalue weighted by molar-refractivity contribution is -0.113. The Morgan fingerprint density at radius 3 is 2.37 bits per heavy atom. The molecule has 138 valence electrons. The van der Waals surface area contributed by atoms with Gasteiger partial charge in [0.1, 0.15) is 0 Å². The van der Waals surface area contributed by atoms with Gasteiger partial charge < -0.3 is 9.80 Å². The highest BCUT2D eigenvalue weighted by molar-refractivity contribution is 8.18. The molecule has 0 aliphatic carbocycles. The van der Waals surface area contributed by atoms with E-state index in [1.807, 2.05) is 30.3 Å². The molecule has 2 aliphatic heterocycles. The molecule has 0 aromatic heterocycles. The molecular formula is C21H20ClN3OS. The van der Waals surface area contributed by atoms with Gasteiger partial charge in [-0.2, -0.15) is 4.99 Å². The fourth-order valence-corrected chi connectivity index (χ4v) is 4.32. The van der Waals surface area contributed by atoms with Crippen molar-refractivity contribution in [3.8, 4) is 0 Å². The van der Waals surface area contributed by atoms with E-state index in [0.29, 0.717) is 9.93 Å². The van der Waals surface area contributed by atoms with Crippen molar-refractivity contribution < 1.29 is 4.79 Å². The first-order chi connectivity index (χ1) is 13.1. The molecular weight excluding hydrogens is 378 g/mol. The third-order valence-electron chi connectivity index (χ3n) is 4.75. The molecule has 0 N–H and O–H groups in total. The summed E-state index contributed by atoms with van der Waals surface area (Å²) in [4.78, 5) is 21.8. The lowest BCUT2D eigenvalue weighted by Crippen LogP contribution is -2.47. The highest BCUT2D eigenvalue weighted by Crippen LogP contribution is 2.32. The Morgan fingerprint density at radius 1 is 1.00 bits per heavy atom. The zero-order chi connectivity index (χ0) is 18.8. The molecule has 6 heteroatoms. The summed E-state index contributed by atoms with van der Waals surface area (Å²) in [6, 6.07) is 16.1. The minimum Gasteiger partial charge on any atom is -0.368 e. The van der Waals surface area contributed by atoms with Crippen molar-refractivity contribution in [3.05, 3.63) is 69.6 Å². The van der Waals surface area contributed by atoms with Crippen LogP contribution in [0.5, 0.6) is 0 Å². The summed E-state index contributed by atoms with van der Waals surface area (Å²) in [7, 11) is 0. The number of aryl methyl sites for hydroxylation is 1. The highest BCUT2D eigenvalue weighted by atomic mass is 35.5. The van der Waals surface area contributed by atoms with Crippen molar-refractivity contribution in [1.29, 1.82) is 0 Å². The third-order valence-corrected chi connectivity index (χ3v) is 6.14. The van der Waals surface area contributed by atoms with Crippen LogP contribution in [0.2, 0.25) is 5.02 Å². The fraction of sp³-hybridized carbons (Fsp3) is 0.238. The third kappa shape index (κ3) is 4.04. The van der Waals surface area contributed by atoms with Crippen molar-refractivity contribution >= 4 is 46.2 Å². The van der Waals surface area contributed by atoms with Gasteiger partial charge in [-0.3, -0.25) is 4.79 Å². The Bertz CT molecular complexity index is 915. The van der Waals surface area contributed by atoms with E-state index in [1.165, 1.54) is 23.0 Å². The van der Waals surface area contributed by atoms with Gasteiger partial charge in [0.05, 0.1) is 4.91 Å². The van der Waals surface area contributed by atoms with E-state index in [4.69, 9.17) is 11.6 Å². The van der Waals surface area contributed by atoms with E-state index in [9.17, 15) is 4.79 Å². The van der Waals surface area contributed by atoms with Crippen LogP contribution in [0, 0.1) is 6.92 Å². The van der Waals surface area contributed by atoms with Crippen LogP contribution in [0.15, 0.2) is 58.4 Å². The standard InChI is InChI=1S/C21H20ClN3OS/c1-15-6-8-17(9-7-15)24-10-12-25(13-11-24)21-23-20(26)19(27-21)14-16-4-2-3-5-18(16)22/h2-9,14H,10-13H2,1H3/b19-14-. The Labute approximate surface area is 168 Å². The monoisotopic (exact) mass is 397 g/mol. The van der Waals surface area contributed by atoms with E-state index < -0.39 is 0 Å². The number of amides is 1. The second-order valence-electron chi connectivity index (χ2n) is 6.64. The molecule has 0 saturated carbocycles. The van der Waals surface area contributed by atoms with E-state index in [0.717, 1.165) is 36.9 Å². The van der Waals surface area contributed by atoms with Gasteiger partial charge in [0, 0.05) is 36.9 Å². The summed E-state index contributed by atoms with van der Waals surface area (Å²) in [6.07, 6.45) is 1.83. The molecule has 0 spiro atoms. The average Bonchev–Trinajstić information content (AvgIpc) is 3.05. The number of nitrogens with zero attached hydrogens (tertiary/aromatic N) is 3. The van der Waals surface area contributed by atoms with Gasteiger partial charge in [-0.15, -0.1) is 0 Å². The average molecular weight is 398 g/mol. The lowest BCUT2D eigenvalue weighted by Gasteiger charge is -2.36. The number of aliphatic imine (C=N–C) groups is 1. The van der Waals surface area contributed by atoms with Crippen molar-refractivity contribution in [3.63, 3.8) is 0 Å². The summed E-state index contributed by atoms with van der Waals surface area (Å²) in [5.74, 6) is -0.184. The first-order valence-electron chi connectivity index (χ1n) is 8.94. The Morgan fingerprint density at radius 2 is 1.67 bits per heavy atom. The fourth-order valence-electron chi connectivity index (χ4n) is 3.18. The Kier molecular flexibility index (Phi) is 5.23. The minimum atomic E-state index is -0.184. The number of rotatable bonds is 2. The number of hydrogen-bond donors (Lipinski definition) is 0. The quantitative estimate of drug-likeness (QED) is 0.702. The number of anilines is 1. The van der Waals surface area contributed by atoms with Crippen LogP contribution < -0.4 is 4.90 Å². The van der Waals surface area contributed by atoms with Crippen LogP contribution in [-0.2, 0) is 4.79 Å². The first kappa shape index (κ1) is 18.1. The number of carbonyl (C=O) groups excluding carboxylic acids is 1. The van der Waals surface area contributed by atoms with Crippen molar-refractivity contribution in [2.24, 2.45) is 4.99 Å². The topological polar surface area (TPSA) is 35.9 Å². The van der Waals surface area contributed by atoms with E-state index >= 15 is 0 Å². The van der Waals surface area contributed by atoms with E-state index in [1.54, 1.807) is 0 Å². The molecule has 2 aromatic carbocycles. The summed E-state index contributed by atoms with van der Waals surface area (Å²) < 4.78 is 0. The SMILES string of the molecule is Cc1ccc(N2CCN(C3=NC(=O)/C(=C/c4ccccc4Cl)S3)CC2)cc1. The smallest absolute Gasteiger partial charge is 0.286 e. The molecule has 0 bridgehead atoms. The number of piperazine rings is 1. The van der Waals surface area contributed by atoms with Crippen LogP contribution in [0.25, 0.3) is 6.08 Å². The van der Waals surface area contributed by atoms with Crippen LogP contribution in [-0.4, -0.2) is 42.2 Å². The Balaban J connectivity index is 1.41. The van der Waals surface area contributed by atoms with Gasteiger partial charge in [-0.1, -0.05) is 47.5 Å². The van der Waals surface area contributed by atoms with Gasteiger partial charge in [0.15, 0.2) is 5.17 Å². The van der Waals surface area contributed by atoms with Crippen LogP contribution >= 0.6 is 23.4 Å². The normalized spacial score (nSPS) is 19.0. The molecule has 2 heterocycles. The number of carbonyl (C=O) groups is 1. The van der Waals surface area contributed by atoms with Gasteiger partial charge in [0.2, 0.25) is 0 Å². The molecule has 0 radical (unpaired) electrons. The predicted molar refractivity (Wildman–Crippen MR) is 114 cm³/mol. The van der Waals surface area contributed by atoms with E-state index in [-0.39, 0.29) is 5.91 Å². The molecule has 0 atom stereocenters. The molecule has 4 rings (SSSR count). The number of halogens is 1. The van der Waals surface area contributed by atoms with Crippen molar-refractivity contribution in [1.82, 2.24) is 4.90 Å².